The first-order valence-electron chi connectivity index (χ1n) is 8.00. The zero-order valence-electron chi connectivity index (χ0n) is 13.6. The van der Waals surface area contributed by atoms with Crippen molar-refractivity contribution in [2.75, 3.05) is 5.32 Å². The fraction of sp³-hybridized carbons (Fsp3) is 0.556. The van der Waals surface area contributed by atoms with Gasteiger partial charge in [-0.3, -0.25) is 9.59 Å². The van der Waals surface area contributed by atoms with Crippen LogP contribution < -0.4 is 5.32 Å². The highest BCUT2D eigenvalue weighted by molar-refractivity contribution is 9.10. The molecule has 1 aromatic rings. The molecule has 0 aromatic heterocycles. The van der Waals surface area contributed by atoms with E-state index in [0.717, 1.165) is 10.9 Å². The van der Waals surface area contributed by atoms with Gasteiger partial charge < -0.3 is 10.4 Å². The first-order chi connectivity index (χ1) is 10.6. The maximum absolute atomic E-state index is 12.5. The summed E-state index contributed by atoms with van der Waals surface area (Å²) in [4.78, 5) is 25.1. The molecule has 0 saturated heterocycles. The predicted octanol–water partition coefficient (Wildman–Crippen LogP) is 3.62. The van der Waals surface area contributed by atoms with Crippen molar-refractivity contribution in [1.82, 2.24) is 0 Å². The number of halogens is 1. The summed E-state index contributed by atoms with van der Waals surface area (Å²) in [6.45, 7) is 6.44. The van der Waals surface area contributed by atoms with E-state index in [-0.39, 0.29) is 11.2 Å². The van der Waals surface area contributed by atoms with Crippen LogP contribution in [0.3, 0.4) is 0 Å². The topological polar surface area (TPSA) is 66.4 Å². The highest BCUT2D eigenvalue weighted by atomic mass is 79.9. The quantitative estimate of drug-likeness (QED) is 0.782. The van der Waals surface area contributed by atoms with Gasteiger partial charge in [0.25, 0.3) is 5.91 Å². The lowest BCUT2D eigenvalue weighted by atomic mass is 9.63. The van der Waals surface area contributed by atoms with Gasteiger partial charge in [-0.15, -0.1) is 0 Å². The van der Waals surface area contributed by atoms with Gasteiger partial charge in [0, 0.05) is 22.1 Å². The van der Waals surface area contributed by atoms with Gasteiger partial charge in [-0.25, -0.2) is 0 Å². The van der Waals surface area contributed by atoms with Gasteiger partial charge in [0.1, 0.15) is 5.78 Å². The fourth-order valence-corrected chi connectivity index (χ4v) is 4.20. The van der Waals surface area contributed by atoms with Crippen molar-refractivity contribution in [2.45, 2.75) is 45.6 Å². The SMILES string of the molecule is CC(C)(C)[C@@H]1CCC(=O)[C@@H]([C@]2(O)C(=O)Nc3ccc(Br)cc32)C1. The van der Waals surface area contributed by atoms with E-state index in [0.29, 0.717) is 30.0 Å². The van der Waals surface area contributed by atoms with Crippen molar-refractivity contribution in [3.8, 4) is 0 Å². The number of carbonyl (C=O) groups excluding carboxylic acids is 2. The maximum atomic E-state index is 12.5. The number of rotatable bonds is 1. The maximum Gasteiger partial charge on any atom is 0.261 e. The van der Waals surface area contributed by atoms with Crippen molar-refractivity contribution in [3.63, 3.8) is 0 Å². The lowest BCUT2D eigenvalue weighted by Gasteiger charge is -2.41. The molecule has 23 heavy (non-hydrogen) atoms. The molecule has 2 N–H and O–H groups in total. The minimum absolute atomic E-state index is 0.0176. The van der Waals surface area contributed by atoms with Crippen molar-refractivity contribution < 1.29 is 14.7 Å². The second-order valence-corrected chi connectivity index (χ2v) is 8.68. The summed E-state index contributed by atoms with van der Waals surface area (Å²) in [5, 5.41) is 14.0. The van der Waals surface area contributed by atoms with E-state index in [1.54, 1.807) is 12.1 Å². The molecule has 4 nitrogen and oxygen atoms in total. The average Bonchev–Trinajstić information content (AvgIpc) is 2.71. The molecule has 3 rings (SSSR count). The molecule has 5 heteroatoms. The molecule has 2 aliphatic rings. The second kappa shape index (κ2) is 5.42. The number of fused-ring (bicyclic) bond motifs is 1. The van der Waals surface area contributed by atoms with Crippen LogP contribution in [0, 0.1) is 17.3 Å². The van der Waals surface area contributed by atoms with E-state index < -0.39 is 17.4 Å². The Morgan fingerprint density at radius 3 is 2.65 bits per heavy atom. The standard InChI is InChI=1S/C18H22BrNO3/c1-17(2,3)10-4-7-15(21)13(8-10)18(23)12-9-11(19)5-6-14(12)20-16(18)22/h5-6,9-10,13,23H,4,7-8H2,1-3H3,(H,20,22)/t10-,13+,18+/m1/s1. The summed E-state index contributed by atoms with van der Waals surface area (Å²) >= 11 is 3.38. The molecule has 0 radical (unpaired) electrons. The lowest BCUT2D eigenvalue weighted by molar-refractivity contribution is -0.153. The summed E-state index contributed by atoms with van der Waals surface area (Å²) in [7, 11) is 0. The summed E-state index contributed by atoms with van der Waals surface area (Å²) in [6.07, 6.45) is 1.78. The molecular formula is C18H22BrNO3. The third kappa shape index (κ3) is 2.64. The number of hydrogen-bond donors (Lipinski definition) is 2. The van der Waals surface area contributed by atoms with Crippen LogP contribution in [0.15, 0.2) is 22.7 Å². The Morgan fingerprint density at radius 2 is 2.00 bits per heavy atom. The van der Waals surface area contributed by atoms with Crippen LogP contribution in [0.2, 0.25) is 0 Å². The van der Waals surface area contributed by atoms with Gasteiger partial charge in [-0.2, -0.15) is 0 Å². The second-order valence-electron chi connectivity index (χ2n) is 7.77. The number of carbonyl (C=O) groups is 2. The smallest absolute Gasteiger partial charge is 0.261 e. The number of anilines is 1. The highest BCUT2D eigenvalue weighted by Gasteiger charge is 2.55. The van der Waals surface area contributed by atoms with Gasteiger partial charge in [-0.1, -0.05) is 36.7 Å². The number of ketones is 1. The molecule has 3 atom stereocenters. The van der Waals surface area contributed by atoms with Crippen LogP contribution in [0.5, 0.6) is 0 Å². The molecule has 1 heterocycles. The van der Waals surface area contributed by atoms with E-state index in [4.69, 9.17) is 0 Å². The lowest BCUT2D eigenvalue weighted by Crippen LogP contribution is -2.49. The molecular weight excluding hydrogens is 358 g/mol. The molecule has 1 amide bonds. The zero-order chi connectivity index (χ0) is 17.0. The summed E-state index contributed by atoms with van der Waals surface area (Å²) in [6, 6.07) is 5.30. The van der Waals surface area contributed by atoms with Gasteiger partial charge >= 0.3 is 0 Å². The van der Waals surface area contributed by atoms with E-state index in [2.05, 4.69) is 42.0 Å². The van der Waals surface area contributed by atoms with Crippen molar-refractivity contribution in [1.29, 1.82) is 0 Å². The molecule has 1 aliphatic carbocycles. The Morgan fingerprint density at radius 1 is 1.30 bits per heavy atom. The van der Waals surface area contributed by atoms with Crippen LogP contribution in [0.1, 0.15) is 45.6 Å². The molecule has 1 aliphatic heterocycles. The van der Waals surface area contributed by atoms with Crippen LogP contribution in [0.25, 0.3) is 0 Å². The molecule has 0 spiro atoms. The Kier molecular flexibility index (Phi) is 3.92. The summed E-state index contributed by atoms with van der Waals surface area (Å²) in [5.41, 5.74) is -0.624. The third-order valence-corrected chi connectivity index (χ3v) is 5.86. The van der Waals surface area contributed by atoms with Gasteiger partial charge in [0.05, 0.1) is 5.92 Å². The average molecular weight is 380 g/mol. The number of benzene rings is 1. The number of amides is 1. The van der Waals surface area contributed by atoms with E-state index >= 15 is 0 Å². The fourth-order valence-electron chi connectivity index (χ4n) is 3.84. The normalized spacial score (nSPS) is 31.0. The summed E-state index contributed by atoms with van der Waals surface area (Å²) in [5.74, 6) is -0.885. The minimum Gasteiger partial charge on any atom is -0.375 e. The van der Waals surface area contributed by atoms with E-state index in [9.17, 15) is 14.7 Å². The number of nitrogens with one attached hydrogen (secondary N) is 1. The van der Waals surface area contributed by atoms with E-state index in [1.807, 2.05) is 6.07 Å². The Hall–Kier alpha value is -1.20. The minimum atomic E-state index is -1.76. The number of hydrogen-bond acceptors (Lipinski definition) is 3. The van der Waals surface area contributed by atoms with Crippen LogP contribution in [0.4, 0.5) is 5.69 Å². The zero-order valence-corrected chi connectivity index (χ0v) is 15.2. The molecule has 1 fully saturated rings. The molecule has 124 valence electrons. The Balaban J connectivity index is 2.04. The third-order valence-electron chi connectivity index (χ3n) is 5.36. The monoisotopic (exact) mass is 379 g/mol. The molecule has 1 saturated carbocycles. The van der Waals surface area contributed by atoms with Crippen LogP contribution in [-0.4, -0.2) is 16.8 Å². The van der Waals surface area contributed by atoms with Crippen LogP contribution >= 0.6 is 15.9 Å². The predicted molar refractivity (Wildman–Crippen MR) is 92.0 cm³/mol. The molecule has 0 unspecified atom stereocenters. The number of Topliss-reactive ketones (excluding diaryl/α,β-unsaturated/α-hetero) is 1. The Bertz CT molecular complexity index is 679. The summed E-state index contributed by atoms with van der Waals surface area (Å²) < 4.78 is 0.779. The van der Waals surface area contributed by atoms with Gasteiger partial charge in [-0.05, 0) is 42.4 Å². The first kappa shape index (κ1) is 16.7. The number of aliphatic hydroxyl groups is 1. The first-order valence-corrected chi connectivity index (χ1v) is 8.80. The highest BCUT2D eigenvalue weighted by Crippen LogP contribution is 2.49. The van der Waals surface area contributed by atoms with Gasteiger partial charge in [0.2, 0.25) is 0 Å². The Labute approximate surface area is 144 Å². The molecule has 0 bridgehead atoms. The van der Waals surface area contributed by atoms with Crippen molar-refractivity contribution in [2.24, 2.45) is 17.3 Å². The largest absolute Gasteiger partial charge is 0.375 e. The van der Waals surface area contributed by atoms with Crippen molar-refractivity contribution in [3.05, 3.63) is 28.2 Å². The van der Waals surface area contributed by atoms with Crippen molar-refractivity contribution >= 4 is 33.3 Å². The van der Waals surface area contributed by atoms with E-state index in [1.165, 1.54) is 0 Å². The van der Waals surface area contributed by atoms with Gasteiger partial charge in [0.15, 0.2) is 5.60 Å². The molecule has 1 aromatic carbocycles. The van der Waals surface area contributed by atoms with Crippen LogP contribution in [-0.2, 0) is 15.2 Å².